The summed E-state index contributed by atoms with van der Waals surface area (Å²) >= 11 is 0. The number of hydrogen-bond acceptors (Lipinski definition) is 1. The largest absolute Gasteiger partial charge is 0.428 e. The maximum atomic E-state index is 5.57. The molecule has 2 rings (SSSR count). The predicted octanol–water partition coefficient (Wildman–Crippen LogP) is -0.310. The van der Waals surface area contributed by atoms with Crippen molar-refractivity contribution in [1.29, 1.82) is 0 Å². The molecular formula is C9H16OSi3. The Morgan fingerprint density at radius 1 is 1.31 bits per heavy atom. The highest BCUT2D eigenvalue weighted by atomic mass is 29.5. The van der Waals surface area contributed by atoms with Gasteiger partial charge in [0.1, 0.15) is 9.28 Å². The third-order valence-corrected chi connectivity index (χ3v) is 22.0. The highest BCUT2D eigenvalue weighted by Gasteiger charge is 2.16. The smallest absolute Gasteiger partial charge is 0.140 e. The summed E-state index contributed by atoms with van der Waals surface area (Å²) in [6.07, 6.45) is 0. The van der Waals surface area contributed by atoms with Crippen LogP contribution in [-0.2, 0) is 10.5 Å². The van der Waals surface area contributed by atoms with Crippen molar-refractivity contribution in [2.45, 2.75) is 12.1 Å². The van der Waals surface area contributed by atoms with E-state index in [4.69, 9.17) is 4.43 Å². The molecular weight excluding hydrogens is 208 g/mol. The minimum atomic E-state index is -0.277. The number of rotatable bonds is 2. The fraction of sp³-hybridized carbons (Fsp3) is 0.333. The van der Waals surface area contributed by atoms with Crippen molar-refractivity contribution in [1.82, 2.24) is 0 Å². The highest BCUT2D eigenvalue weighted by Crippen LogP contribution is 2.06. The first-order valence-corrected chi connectivity index (χ1v) is 14.5. The fourth-order valence-electron chi connectivity index (χ4n) is 1.90. The Kier molecular flexibility index (Phi) is 3.54. The van der Waals surface area contributed by atoms with Gasteiger partial charge >= 0.3 is 0 Å². The zero-order valence-electron chi connectivity index (χ0n) is 7.91. The first kappa shape index (κ1) is 9.39. The van der Waals surface area contributed by atoms with Gasteiger partial charge in [0.2, 0.25) is 0 Å². The molecule has 70 valence electrons. The van der Waals surface area contributed by atoms with Crippen LogP contribution in [0.5, 0.6) is 0 Å². The summed E-state index contributed by atoms with van der Waals surface area (Å²) < 4.78 is 5.57. The van der Waals surface area contributed by atoms with Crippen LogP contribution in [0.25, 0.3) is 0 Å². The van der Waals surface area contributed by atoms with E-state index in [9.17, 15) is 0 Å². The third kappa shape index (κ3) is 2.91. The molecule has 1 aliphatic heterocycles. The molecule has 0 aliphatic carbocycles. The van der Waals surface area contributed by atoms with E-state index in [0.29, 0.717) is 8.55 Å². The van der Waals surface area contributed by atoms with Crippen LogP contribution in [0.15, 0.2) is 30.3 Å². The molecule has 0 spiro atoms. The van der Waals surface area contributed by atoms with Crippen molar-refractivity contribution in [3.05, 3.63) is 35.9 Å². The summed E-state index contributed by atoms with van der Waals surface area (Å²) in [4.78, 5) is 0. The average molecular weight is 224 g/mol. The molecule has 1 unspecified atom stereocenters. The van der Waals surface area contributed by atoms with E-state index in [2.05, 4.69) is 30.3 Å². The van der Waals surface area contributed by atoms with Gasteiger partial charge in [-0.15, -0.1) is 0 Å². The zero-order chi connectivity index (χ0) is 8.93. The fourth-order valence-corrected chi connectivity index (χ4v) is 19.3. The second-order valence-corrected chi connectivity index (χ2v) is 19.5. The normalized spacial score (nSPS) is 26.6. The van der Waals surface area contributed by atoms with Gasteiger partial charge in [-0.25, -0.2) is 0 Å². The van der Waals surface area contributed by atoms with Gasteiger partial charge in [-0.2, -0.15) is 0 Å². The molecule has 0 aromatic heterocycles. The summed E-state index contributed by atoms with van der Waals surface area (Å²) in [7, 11) is 0.103. The van der Waals surface area contributed by atoms with Crippen LogP contribution in [0.3, 0.4) is 0 Å². The molecule has 1 saturated heterocycles. The zero-order valence-corrected chi connectivity index (χ0v) is 11.9. The molecule has 13 heavy (non-hydrogen) atoms. The first-order valence-electron chi connectivity index (χ1n) is 5.07. The summed E-state index contributed by atoms with van der Waals surface area (Å²) in [5.41, 5.74) is 1.59. The van der Waals surface area contributed by atoms with Crippen LogP contribution in [0.1, 0.15) is 5.56 Å². The minimum Gasteiger partial charge on any atom is -0.428 e. The first-order chi connectivity index (χ1) is 6.45. The second-order valence-electron chi connectivity index (χ2n) is 3.75. The molecule has 1 fully saturated rings. The molecule has 1 atom stereocenters. The Labute approximate surface area is 85.5 Å². The Balaban J connectivity index is 1.90. The van der Waals surface area contributed by atoms with Crippen molar-refractivity contribution in [2.75, 3.05) is 6.61 Å². The maximum absolute atomic E-state index is 5.57. The Morgan fingerprint density at radius 2 is 2.15 bits per heavy atom. The van der Waals surface area contributed by atoms with E-state index in [0.717, 1.165) is 6.61 Å². The molecule has 0 N–H and O–H groups in total. The van der Waals surface area contributed by atoms with Crippen molar-refractivity contribution >= 4 is 26.1 Å². The van der Waals surface area contributed by atoms with E-state index in [-0.39, 0.29) is 17.6 Å². The average Bonchev–Trinajstić information content (AvgIpc) is 2.21. The van der Waals surface area contributed by atoms with Crippen LogP contribution in [0.2, 0.25) is 6.04 Å². The molecule has 1 aromatic carbocycles. The molecule has 1 heterocycles. The van der Waals surface area contributed by atoms with Gasteiger partial charge in [-0.05, 0) is 12.1 Å². The van der Waals surface area contributed by atoms with Gasteiger partial charge in [0.25, 0.3) is 0 Å². The summed E-state index contributed by atoms with van der Waals surface area (Å²) in [5.74, 6) is 0. The van der Waals surface area contributed by atoms with Crippen molar-refractivity contribution in [3.8, 4) is 0 Å². The molecule has 1 aliphatic rings. The van der Waals surface area contributed by atoms with E-state index in [1.807, 2.05) is 0 Å². The Morgan fingerprint density at radius 3 is 2.85 bits per heavy atom. The van der Waals surface area contributed by atoms with E-state index >= 15 is 0 Å². The monoisotopic (exact) mass is 224 g/mol. The number of hydrogen-bond donors (Lipinski definition) is 0. The lowest BCUT2D eigenvalue weighted by Gasteiger charge is -2.19. The molecule has 0 amide bonds. The van der Waals surface area contributed by atoms with Crippen LogP contribution in [-0.4, -0.2) is 32.8 Å². The molecule has 1 aromatic rings. The lowest BCUT2D eigenvalue weighted by Crippen LogP contribution is -2.37. The summed E-state index contributed by atoms with van der Waals surface area (Å²) in [6, 6.07) is 14.0. The van der Waals surface area contributed by atoms with Gasteiger partial charge in [0.05, 0.1) is 0 Å². The Bertz CT molecular complexity index is 246. The van der Waals surface area contributed by atoms with Crippen molar-refractivity contribution < 1.29 is 4.43 Å². The van der Waals surface area contributed by atoms with Crippen LogP contribution < -0.4 is 0 Å². The lowest BCUT2D eigenvalue weighted by atomic mass is 10.2. The van der Waals surface area contributed by atoms with Gasteiger partial charge in [0, 0.05) is 23.5 Å². The molecule has 0 radical (unpaired) electrons. The third-order valence-electron chi connectivity index (χ3n) is 2.71. The quantitative estimate of drug-likeness (QED) is 0.626. The van der Waals surface area contributed by atoms with Gasteiger partial charge in [-0.1, -0.05) is 35.9 Å². The molecule has 1 nitrogen and oxygen atoms in total. The predicted molar refractivity (Wildman–Crippen MR) is 65.1 cm³/mol. The minimum absolute atomic E-state index is 0.0458. The molecule has 0 saturated carbocycles. The van der Waals surface area contributed by atoms with Gasteiger partial charge < -0.3 is 4.43 Å². The highest BCUT2D eigenvalue weighted by molar-refractivity contribution is 7.34. The summed E-state index contributed by atoms with van der Waals surface area (Å²) in [5, 5.41) is 0. The van der Waals surface area contributed by atoms with Crippen LogP contribution >= 0.6 is 0 Å². The lowest BCUT2D eigenvalue weighted by molar-refractivity contribution is 0.366. The van der Waals surface area contributed by atoms with Gasteiger partial charge in [0.15, 0.2) is 0 Å². The SMILES string of the molecule is c1ccc(C[SiH]2CCO[SiH2][SiH2]2)cc1. The topological polar surface area (TPSA) is 9.23 Å². The van der Waals surface area contributed by atoms with E-state index in [1.54, 1.807) is 5.56 Å². The second kappa shape index (κ2) is 4.90. The standard InChI is InChI=1S/C9H16OSi3/c1-2-4-9(5-3-1)8-13-7-6-10-11-12-13/h1-5,13H,6-8,11-12H2. The van der Waals surface area contributed by atoms with Crippen molar-refractivity contribution in [2.24, 2.45) is 0 Å². The van der Waals surface area contributed by atoms with E-state index in [1.165, 1.54) is 12.1 Å². The van der Waals surface area contributed by atoms with Crippen LogP contribution in [0.4, 0.5) is 0 Å². The summed E-state index contributed by atoms with van der Waals surface area (Å²) in [6.45, 7) is 1.11. The number of benzene rings is 1. The van der Waals surface area contributed by atoms with E-state index < -0.39 is 0 Å². The Hall–Kier alpha value is -0.169. The molecule has 0 bridgehead atoms. The van der Waals surface area contributed by atoms with Crippen molar-refractivity contribution in [3.63, 3.8) is 0 Å². The van der Waals surface area contributed by atoms with Crippen LogP contribution in [0, 0.1) is 0 Å². The van der Waals surface area contributed by atoms with Gasteiger partial charge in [-0.3, -0.25) is 0 Å². The maximum Gasteiger partial charge on any atom is 0.140 e. The molecule has 4 heteroatoms.